The zero-order valence-corrected chi connectivity index (χ0v) is 20.3. The van der Waals surface area contributed by atoms with Gasteiger partial charge in [-0.2, -0.15) is 10.2 Å². The predicted molar refractivity (Wildman–Crippen MR) is 143 cm³/mol. The fourth-order valence-corrected chi connectivity index (χ4v) is 3.85. The Kier molecular flexibility index (Phi) is 6.78. The summed E-state index contributed by atoms with van der Waals surface area (Å²) >= 11 is 5.92. The maximum absolute atomic E-state index is 12.6. The molecule has 2 N–H and O–H groups in total. The summed E-state index contributed by atoms with van der Waals surface area (Å²) in [5, 5.41) is 14.3. The second-order valence-electron chi connectivity index (χ2n) is 8.31. The fraction of sp³-hybridized carbons (Fsp3) is 0.0690. The van der Waals surface area contributed by atoms with Gasteiger partial charge >= 0.3 is 0 Å². The molecule has 0 saturated carbocycles. The molecule has 178 valence electrons. The van der Waals surface area contributed by atoms with E-state index in [0.29, 0.717) is 28.7 Å². The first-order valence-corrected chi connectivity index (χ1v) is 11.8. The smallest absolute Gasteiger partial charge is 0.289 e. The van der Waals surface area contributed by atoms with Crippen LogP contribution in [0.4, 0.5) is 0 Å². The van der Waals surface area contributed by atoms with Gasteiger partial charge in [0.1, 0.15) is 18.1 Å². The molecule has 36 heavy (non-hydrogen) atoms. The van der Waals surface area contributed by atoms with E-state index >= 15 is 0 Å². The van der Waals surface area contributed by atoms with E-state index in [1.54, 1.807) is 6.07 Å². The summed E-state index contributed by atoms with van der Waals surface area (Å²) in [4.78, 5) is 12.6. The molecule has 0 aliphatic heterocycles. The molecule has 1 amide bonds. The summed E-state index contributed by atoms with van der Waals surface area (Å²) in [5.41, 5.74) is 7.13. The topological polar surface area (TPSA) is 79.4 Å². The normalized spacial score (nSPS) is 11.4. The van der Waals surface area contributed by atoms with E-state index in [-0.39, 0.29) is 5.91 Å². The average Bonchev–Trinajstić information content (AvgIpc) is 3.42. The van der Waals surface area contributed by atoms with Crippen LogP contribution in [0.25, 0.3) is 22.0 Å². The summed E-state index contributed by atoms with van der Waals surface area (Å²) < 4.78 is 5.83. The van der Waals surface area contributed by atoms with Crippen LogP contribution in [0.1, 0.15) is 28.5 Å². The molecule has 0 unspecified atom stereocenters. The second kappa shape index (κ2) is 10.5. The number of nitrogens with one attached hydrogen (secondary N) is 2. The van der Waals surface area contributed by atoms with Gasteiger partial charge in [-0.05, 0) is 77.4 Å². The van der Waals surface area contributed by atoms with E-state index in [1.165, 1.54) is 0 Å². The Morgan fingerprint density at radius 2 is 1.69 bits per heavy atom. The highest BCUT2D eigenvalue weighted by molar-refractivity contribution is 6.30. The first kappa shape index (κ1) is 23.3. The number of aromatic amines is 1. The molecule has 4 aromatic carbocycles. The lowest BCUT2D eigenvalue weighted by atomic mass is 10.0. The highest BCUT2D eigenvalue weighted by atomic mass is 35.5. The molecule has 0 radical (unpaired) electrons. The lowest BCUT2D eigenvalue weighted by molar-refractivity contribution is 0.0950. The van der Waals surface area contributed by atoms with Gasteiger partial charge in [0.2, 0.25) is 0 Å². The van der Waals surface area contributed by atoms with E-state index in [9.17, 15) is 4.79 Å². The minimum absolute atomic E-state index is 0.322. The molecular formula is C29H23ClN4O2. The molecule has 1 aromatic heterocycles. The van der Waals surface area contributed by atoms with Gasteiger partial charge in [0.15, 0.2) is 0 Å². The van der Waals surface area contributed by atoms with Crippen LogP contribution in [0.2, 0.25) is 5.02 Å². The first-order chi connectivity index (χ1) is 17.5. The summed E-state index contributed by atoms with van der Waals surface area (Å²) in [7, 11) is 0. The predicted octanol–water partition coefficient (Wildman–Crippen LogP) is 6.62. The Hall–Kier alpha value is -4.42. The standard InChI is InChI=1S/C29H23ClN4O2/c1-19(23-9-8-21-4-2-3-5-24(21)16-23)31-34-29(35)28-17-27(32-33-28)22-10-14-26(15-11-22)36-18-20-6-12-25(30)13-7-20/h2-17H,18H2,1H3,(H,32,33)(H,34,35)/b31-19-. The number of rotatable bonds is 7. The maximum atomic E-state index is 12.6. The monoisotopic (exact) mass is 494 g/mol. The number of amides is 1. The number of fused-ring (bicyclic) bond motifs is 1. The first-order valence-electron chi connectivity index (χ1n) is 11.4. The number of carbonyl (C=O) groups excluding carboxylic acids is 1. The van der Waals surface area contributed by atoms with Crippen molar-refractivity contribution in [3.63, 3.8) is 0 Å². The summed E-state index contributed by atoms with van der Waals surface area (Å²) in [6.07, 6.45) is 0. The van der Waals surface area contributed by atoms with Gasteiger partial charge in [-0.3, -0.25) is 9.89 Å². The van der Waals surface area contributed by atoms with Crippen LogP contribution in [0.3, 0.4) is 0 Å². The van der Waals surface area contributed by atoms with Crippen molar-refractivity contribution in [3.05, 3.63) is 119 Å². The molecule has 0 spiro atoms. The molecule has 5 rings (SSSR count). The number of hydrazone groups is 1. The molecule has 0 saturated heterocycles. The van der Waals surface area contributed by atoms with Crippen LogP contribution in [-0.4, -0.2) is 21.8 Å². The molecule has 1 heterocycles. The van der Waals surface area contributed by atoms with Crippen LogP contribution in [0.15, 0.2) is 102 Å². The molecular weight excluding hydrogens is 472 g/mol. The SMILES string of the molecule is C/C(=N/NC(=O)c1cc(-c2ccc(OCc3ccc(Cl)cc3)cc2)n[nH]1)c1ccc2ccccc2c1. The second-order valence-corrected chi connectivity index (χ2v) is 8.74. The number of carbonyl (C=O) groups is 1. The number of halogens is 1. The Labute approximate surface area is 213 Å². The molecule has 6 nitrogen and oxygen atoms in total. The van der Waals surface area contributed by atoms with Gasteiger partial charge in [-0.1, -0.05) is 60.1 Å². The van der Waals surface area contributed by atoms with E-state index < -0.39 is 0 Å². The van der Waals surface area contributed by atoms with Crippen molar-refractivity contribution < 1.29 is 9.53 Å². The number of ether oxygens (including phenoxy) is 1. The van der Waals surface area contributed by atoms with E-state index in [0.717, 1.165) is 33.2 Å². The van der Waals surface area contributed by atoms with Crippen LogP contribution in [0, 0.1) is 0 Å². The largest absolute Gasteiger partial charge is 0.489 e. The Morgan fingerprint density at radius 3 is 2.47 bits per heavy atom. The van der Waals surface area contributed by atoms with Crippen molar-refractivity contribution in [1.82, 2.24) is 15.6 Å². The van der Waals surface area contributed by atoms with E-state index in [1.807, 2.05) is 79.7 Å². The molecule has 0 aliphatic carbocycles. The third-order valence-corrected chi connectivity index (χ3v) is 6.04. The van der Waals surface area contributed by atoms with Crippen molar-refractivity contribution in [1.29, 1.82) is 0 Å². The number of nitrogens with zero attached hydrogens (tertiary/aromatic N) is 2. The van der Waals surface area contributed by atoms with E-state index in [2.05, 4.69) is 38.9 Å². The number of benzene rings is 4. The summed E-state index contributed by atoms with van der Waals surface area (Å²) in [5.74, 6) is 0.373. The van der Waals surface area contributed by atoms with Crippen LogP contribution in [0.5, 0.6) is 5.75 Å². The third-order valence-electron chi connectivity index (χ3n) is 5.78. The Morgan fingerprint density at radius 1 is 0.944 bits per heavy atom. The average molecular weight is 495 g/mol. The van der Waals surface area contributed by atoms with Crippen molar-refractivity contribution in [3.8, 4) is 17.0 Å². The third kappa shape index (κ3) is 5.45. The van der Waals surface area contributed by atoms with E-state index in [4.69, 9.17) is 16.3 Å². The highest BCUT2D eigenvalue weighted by Crippen LogP contribution is 2.22. The molecule has 0 bridgehead atoms. The number of hydrogen-bond donors (Lipinski definition) is 2. The van der Waals surface area contributed by atoms with Crippen LogP contribution >= 0.6 is 11.6 Å². The Balaban J connectivity index is 1.21. The molecule has 0 aliphatic rings. The minimum Gasteiger partial charge on any atom is -0.489 e. The number of H-pyrrole nitrogens is 1. The molecule has 7 heteroatoms. The van der Waals surface area contributed by atoms with Crippen LogP contribution < -0.4 is 10.2 Å². The molecule has 5 aromatic rings. The van der Waals surface area contributed by atoms with Crippen LogP contribution in [-0.2, 0) is 6.61 Å². The number of hydrogen-bond acceptors (Lipinski definition) is 4. The van der Waals surface area contributed by atoms with Gasteiger partial charge in [0, 0.05) is 10.6 Å². The zero-order chi connectivity index (χ0) is 24.9. The fourth-order valence-electron chi connectivity index (χ4n) is 3.73. The highest BCUT2D eigenvalue weighted by Gasteiger charge is 2.11. The minimum atomic E-state index is -0.364. The lowest BCUT2D eigenvalue weighted by Crippen LogP contribution is -2.19. The van der Waals surface area contributed by atoms with Gasteiger partial charge < -0.3 is 4.74 Å². The van der Waals surface area contributed by atoms with Crippen molar-refractivity contribution in [2.45, 2.75) is 13.5 Å². The van der Waals surface area contributed by atoms with Gasteiger partial charge in [0.05, 0.1) is 11.4 Å². The van der Waals surface area contributed by atoms with Crippen molar-refractivity contribution in [2.24, 2.45) is 5.10 Å². The summed E-state index contributed by atoms with van der Waals surface area (Å²) in [6, 6.07) is 31.0. The van der Waals surface area contributed by atoms with Gasteiger partial charge in [0.25, 0.3) is 5.91 Å². The molecule has 0 fully saturated rings. The van der Waals surface area contributed by atoms with Gasteiger partial charge in [-0.25, -0.2) is 5.43 Å². The summed E-state index contributed by atoms with van der Waals surface area (Å²) in [6.45, 7) is 2.31. The maximum Gasteiger partial charge on any atom is 0.289 e. The molecule has 0 atom stereocenters. The van der Waals surface area contributed by atoms with Gasteiger partial charge in [-0.15, -0.1) is 0 Å². The van der Waals surface area contributed by atoms with Crippen molar-refractivity contribution >= 4 is 34.0 Å². The zero-order valence-electron chi connectivity index (χ0n) is 19.5. The lowest BCUT2D eigenvalue weighted by Gasteiger charge is -2.07. The quantitative estimate of drug-likeness (QED) is 0.197. The number of aromatic nitrogens is 2. The van der Waals surface area contributed by atoms with Crippen molar-refractivity contribution in [2.75, 3.05) is 0 Å². The Bertz CT molecular complexity index is 1540.